The summed E-state index contributed by atoms with van der Waals surface area (Å²) in [4.78, 5) is 2.63. The van der Waals surface area contributed by atoms with E-state index in [9.17, 15) is 0 Å². The van der Waals surface area contributed by atoms with Gasteiger partial charge in [0.15, 0.2) is 0 Å². The van der Waals surface area contributed by atoms with Crippen molar-refractivity contribution in [2.45, 2.75) is 51.2 Å². The molecule has 1 nitrogen and oxygen atoms in total. The van der Waals surface area contributed by atoms with Crippen molar-refractivity contribution in [2.75, 3.05) is 25.4 Å². The number of nitrogens with zero attached hydrogens (tertiary/aromatic N) is 1. The third-order valence-electron chi connectivity index (χ3n) is 3.04. The van der Waals surface area contributed by atoms with Gasteiger partial charge in [0, 0.05) is 17.8 Å². The number of unbranched alkanes of at least 4 members (excludes halogenated alkanes) is 1. The van der Waals surface area contributed by atoms with Gasteiger partial charge in [-0.1, -0.05) is 27.2 Å². The van der Waals surface area contributed by atoms with Gasteiger partial charge in [0.1, 0.15) is 0 Å². The molecule has 0 aromatic carbocycles. The van der Waals surface area contributed by atoms with Crippen molar-refractivity contribution in [3.63, 3.8) is 0 Å². The molecule has 0 amide bonds. The summed E-state index contributed by atoms with van der Waals surface area (Å²) < 4.78 is 0.730. The van der Waals surface area contributed by atoms with E-state index in [0.29, 0.717) is 0 Å². The number of hydrogen-bond acceptors (Lipinski definition) is 2. The van der Waals surface area contributed by atoms with E-state index in [1.807, 2.05) is 13.8 Å². The highest BCUT2D eigenvalue weighted by molar-refractivity contribution is 8.01. The first-order chi connectivity index (χ1) is 6.85. The van der Waals surface area contributed by atoms with Crippen molar-refractivity contribution in [3.8, 4) is 0 Å². The van der Waals surface area contributed by atoms with Crippen LogP contribution in [0.15, 0.2) is 0 Å². The van der Waals surface area contributed by atoms with Crippen molar-refractivity contribution < 1.29 is 0 Å². The molecule has 0 bridgehead atoms. The van der Waals surface area contributed by atoms with Crippen molar-refractivity contribution >= 4 is 11.8 Å². The SMILES string of the molecule is CC.CCCCN1CC2(CCCS2)C1. The topological polar surface area (TPSA) is 3.24 Å². The van der Waals surface area contributed by atoms with Crippen LogP contribution in [0.4, 0.5) is 0 Å². The fraction of sp³-hybridized carbons (Fsp3) is 1.00. The zero-order valence-electron chi connectivity index (χ0n) is 10.0. The Bertz CT molecular complexity index is 144. The maximum absolute atomic E-state index is 2.63. The van der Waals surface area contributed by atoms with Crippen LogP contribution in [0.25, 0.3) is 0 Å². The molecule has 0 aromatic heterocycles. The van der Waals surface area contributed by atoms with Gasteiger partial charge in [-0.2, -0.15) is 11.8 Å². The first kappa shape index (κ1) is 12.4. The van der Waals surface area contributed by atoms with Gasteiger partial charge in [-0.15, -0.1) is 0 Å². The molecular weight excluding hydrogens is 190 g/mol. The van der Waals surface area contributed by atoms with E-state index >= 15 is 0 Å². The molecular formula is C12H25NS. The zero-order valence-corrected chi connectivity index (χ0v) is 10.8. The minimum atomic E-state index is 0.730. The van der Waals surface area contributed by atoms with Crippen LogP contribution in [0.5, 0.6) is 0 Å². The van der Waals surface area contributed by atoms with E-state index in [-0.39, 0.29) is 0 Å². The first-order valence-corrected chi connectivity index (χ1v) is 7.19. The Hall–Kier alpha value is 0.310. The van der Waals surface area contributed by atoms with Gasteiger partial charge in [0.25, 0.3) is 0 Å². The Morgan fingerprint density at radius 3 is 2.50 bits per heavy atom. The van der Waals surface area contributed by atoms with Crippen LogP contribution in [0, 0.1) is 0 Å². The highest BCUT2D eigenvalue weighted by atomic mass is 32.2. The van der Waals surface area contributed by atoms with Gasteiger partial charge in [-0.3, -0.25) is 0 Å². The average Bonchev–Trinajstić information content (AvgIpc) is 2.65. The normalized spacial score (nSPS) is 24.2. The Morgan fingerprint density at radius 1 is 1.29 bits per heavy atom. The van der Waals surface area contributed by atoms with E-state index in [1.54, 1.807) is 0 Å². The molecule has 2 heteroatoms. The second kappa shape index (κ2) is 6.02. The summed E-state index contributed by atoms with van der Waals surface area (Å²) in [6.07, 6.45) is 5.68. The molecule has 0 N–H and O–H groups in total. The van der Waals surface area contributed by atoms with Crippen LogP contribution in [-0.2, 0) is 0 Å². The van der Waals surface area contributed by atoms with Crippen LogP contribution in [0.3, 0.4) is 0 Å². The minimum absolute atomic E-state index is 0.730. The molecule has 2 saturated heterocycles. The van der Waals surface area contributed by atoms with Crippen LogP contribution in [0.2, 0.25) is 0 Å². The first-order valence-electron chi connectivity index (χ1n) is 6.21. The molecule has 2 heterocycles. The number of thioether (sulfide) groups is 1. The maximum atomic E-state index is 2.63. The van der Waals surface area contributed by atoms with Gasteiger partial charge in [0.2, 0.25) is 0 Å². The lowest BCUT2D eigenvalue weighted by atomic mass is 9.94. The third kappa shape index (κ3) is 2.90. The average molecular weight is 215 g/mol. The fourth-order valence-electron chi connectivity index (χ4n) is 2.31. The molecule has 2 rings (SSSR count). The van der Waals surface area contributed by atoms with Crippen LogP contribution < -0.4 is 0 Å². The summed E-state index contributed by atoms with van der Waals surface area (Å²) in [5.74, 6) is 1.42. The second-order valence-electron chi connectivity index (χ2n) is 4.20. The number of hydrogen-bond donors (Lipinski definition) is 0. The quantitative estimate of drug-likeness (QED) is 0.710. The molecule has 0 unspecified atom stereocenters. The van der Waals surface area contributed by atoms with Gasteiger partial charge in [-0.05, 0) is 31.6 Å². The van der Waals surface area contributed by atoms with Gasteiger partial charge < -0.3 is 4.90 Å². The molecule has 0 saturated carbocycles. The van der Waals surface area contributed by atoms with E-state index in [0.717, 1.165) is 4.75 Å². The summed E-state index contributed by atoms with van der Waals surface area (Å²) in [6.45, 7) is 10.4. The Balaban J connectivity index is 0.000000461. The molecule has 2 aliphatic heterocycles. The lowest BCUT2D eigenvalue weighted by molar-refractivity contribution is 0.123. The fourth-order valence-corrected chi connectivity index (χ4v) is 3.87. The van der Waals surface area contributed by atoms with E-state index < -0.39 is 0 Å². The van der Waals surface area contributed by atoms with Crippen molar-refractivity contribution in [2.24, 2.45) is 0 Å². The van der Waals surface area contributed by atoms with E-state index in [4.69, 9.17) is 0 Å². The standard InChI is InChI=1S/C10H19NS.C2H6/c1-2-3-6-11-8-10(9-11)5-4-7-12-10;1-2/h2-9H2,1H3;1-2H3. The van der Waals surface area contributed by atoms with Crippen LogP contribution in [0.1, 0.15) is 46.5 Å². The largest absolute Gasteiger partial charge is 0.300 e. The molecule has 0 aromatic rings. The van der Waals surface area contributed by atoms with E-state index in [1.165, 1.54) is 51.1 Å². The highest BCUT2D eigenvalue weighted by Gasteiger charge is 2.44. The molecule has 0 aliphatic carbocycles. The summed E-state index contributed by atoms with van der Waals surface area (Å²) in [7, 11) is 0. The second-order valence-corrected chi connectivity index (χ2v) is 5.76. The highest BCUT2D eigenvalue weighted by Crippen LogP contribution is 2.44. The zero-order chi connectivity index (χ0) is 10.4. The Labute approximate surface area is 93.6 Å². The molecule has 2 fully saturated rings. The van der Waals surface area contributed by atoms with Crippen molar-refractivity contribution in [3.05, 3.63) is 0 Å². The minimum Gasteiger partial charge on any atom is -0.300 e. The monoisotopic (exact) mass is 215 g/mol. The predicted octanol–water partition coefficient (Wildman–Crippen LogP) is 3.39. The van der Waals surface area contributed by atoms with Crippen molar-refractivity contribution in [1.29, 1.82) is 0 Å². The summed E-state index contributed by atoms with van der Waals surface area (Å²) in [5.41, 5.74) is 0. The van der Waals surface area contributed by atoms with Gasteiger partial charge in [-0.25, -0.2) is 0 Å². The van der Waals surface area contributed by atoms with E-state index in [2.05, 4.69) is 23.6 Å². The smallest absolute Gasteiger partial charge is 0.0414 e. The molecule has 14 heavy (non-hydrogen) atoms. The Morgan fingerprint density at radius 2 is 2.00 bits per heavy atom. The predicted molar refractivity (Wildman–Crippen MR) is 67.1 cm³/mol. The Kier molecular flexibility index (Phi) is 5.32. The summed E-state index contributed by atoms with van der Waals surface area (Å²) >= 11 is 2.23. The van der Waals surface area contributed by atoms with Gasteiger partial charge in [0.05, 0.1) is 0 Å². The lowest BCUT2D eigenvalue weighted by Gasteiger charge is -2.47. The molecule has 0 atom stereocenters. The lowest BCUT2D eigenvalue weighted by Crippen LogP contribution is -2.58. The molecule has 2 aliphatic rings. The summed E-state index contributed by atoms with van der Waals surface area (Å²) in [6, 6.07) is 0. The van der Waals surface area contributed by atoms with Gasteiger partial charge >= 0.3 is 0 Å². The van der Waals surface area contributed by atoms with Crippen molar-refractivity contribution in [1.82, 2.24) is 4.90 Å². The number of rotatable bonds is 3. The van der Waals surface area contributed by atoms with Crippen LogP contribution >= 0.6 is 11.8 Å². The summed E-state index contributed by atoms with van der Waals surface area (Å²) in [5, 5.41) is 0. The van der Waals surface area contributed by atoms with Crippen LogP contribution in [-0.4, -0.2) is 35.0 Å². The molecule has 84 valence electrons. The molecule has 1 spiro atoms. The maximum Gasteiger partial charge on any atom is 0.0414 e. The third-order valence-corrected chi connectivity index (χ3v) is 4.60. The number of likely N-dealkylation sites (tertiary alicyclic amines) is 1. The molecule has 0 radical (unpaired) electrons.